The number of methoxy groups -OCH3 is 1. The molecule has 1 unspecified atom stereocenters. The first-order valence-electron chi connectivity index (χ1n) is 11.5. The van der Waals surface area contributed by atoms with E-state index in [1.807, 2.05) is 36.7 Å². The van der Waals surface area contributed by atoms with Gasteiger partial charge in [0.2, 0.25) is 5.95 Å². The molecule has 1 saturated carbocycles. The number of hydrogen-bond acceptors (Lipinski definition) is 7. The lowest BCUT2D eigenvalue weighted by atomic mass is 10.0. The van der Waals surface area contributed by atoms with Crippen molar-refractivity contribution in [3.05, 3.63) is 30.2 Å². The average molecular weight is 424 g/mol. The number of anilines is 1. The van der Waals surface area contributed by atoms with Gasteiger partial charge in [-0.2, -0.15) is 5.10 Å². The predicted octanol–water partition coefficient (Wildman–Crippen LogP) is 4.04. The third-order valence-electron chi connectivity index (χ3n) is 5.99. The van der Waals surface area contributed by atoms with Crippen molar-refractivity contribution in [2.75, 3.05) is 25.5 Å². The average Bonchev–Trinajstić information content (AvgIpc) is 3.50. The Kier molecular flexibility index (Phi) is 6.96. The lowest BCUT2D eigenvalue weighted by Crippen LogP contribution is -2.38. The van der Waals surface area contributed by atoms with Gasteiger partial charge < -0.3 is 15.4 Å². The van der Waals surface area contributed by atoms with Crippen molar-refractivity contribution in [1.29, 1.82) is 0 Å². The Balaban J connectivity index is 0.00000112. The van der Waals surface area contributed by atoms with E-state index in [9.17, 15) is 0 Å². The van der Waals surface area contributed by atoms with Crippen LogP contribution in [-0.2, 0) is 0 Å². The number of nitrogens with zero attached hydrogens (tertiary/aromatic N) is 5. The van der Waals surface area contributed by atoms with E-state index in [1.54, 1.807) is 13.3 Å². The number of piperidine rings is 1. The zero-order chi connectivity index (χ0) is 21.6. The Morgan fingerprint density at radius 3 is 2.71 bits per heavy atom. The van der Waals surface area contributed by atoms with Crippen LogP contribution < -0.4 is 15.4 Å². The molecule has 3 aromatic heterocycles. The Labute approximate surface area is 183 Å². The molecule has 4 heterocycles. The van der Waals surface area contributed by atoms with E-state index in [0.29, 0.717) is 17.9 Å². The third kappa shape index (κ3) is 4.63. The van der Waals surface area contributed by atoms with Crippen LogP contribution in [0.15, 0.2) is 24.5 Å². The topological polar surface area (TPSA) is 89.3 Å². The van der Waals surface area contributed by atoms with E-state index in [4.69, 9.17) is 14.8 Å². The van der Waals surface area contributed by atoms with Gasteiger partial charge in [0.25, 0.3) is 0 Å². The van der Waals surface area contributed by atoms with Crippen LogP contribution in [-0.4, -0.2) is 50.8 Å². The molecule has 0 radical (unpaired) electrons. The van der Waals surface area contributed by atoms with Crippen molar-refractivity contribution in [2.24, 2.45) is 0 Å². The van der Waals surface area contributed by atoms with Gasteiger partial charge in [0.05, 0.1) is 19.0 Å². The van der Waals surface area contributed by atoms with Crippen LogP contribution in [0.5, 0.6) is 5.75 Å². The van der Waals surface area contributed by atoms with Crippen LogP contribution in [0.1, 0.15) is 64.0 Å². The van der Waals surface area contributed by atoms with Gasteiger partial charge in [0, 0.05) is 30.8 Å². The first-order chi connectivity index (χ1) is 15.3. The second-order valence-corrected chi connectivity index (χ2v) is 7.95. The van der Waals surface area contributed by atoms with Crippen molar-refractivity contribution in [3.63, 3.8) is 0 Å². The largest absolute Gasteiger partial charge is 0.495 e. The van der Waals surface area contributed by atoms with Crippen LogP contribution in [0, 0.1) is 0 Å². The summed E-state index contributed by atoms with van der Waals surface area (Å²) in [7, 11) is 1.71. The number of ether oxygens (including phenoxy) is 1. The monoisotopic (exact) mass is 423 g/mol. The minimum atomic E-state index is 0.359. The Hall–Kier alpha value is -2.74. The molecular weight excluding hydrogens is 390 g/mol. The lowest BCUT2D eigenvalue weighted by Gasteiger charge is -2.23. The molecule has 0 amide bonds. The number of nitrogens with one attached hydrogen (secondary N) is 2. The predicted molar refractivity (Wildman–Crippen MR) is 123 cm³/mol. The molecule has 3 aromatic rings. The number of aromatic nitrogens is 5. The van der Waals surface area contributed by atoms with Crippen molar-refractivity contribution >= 4 is 11.6 Å². The Bertz CT molecular complexity index is 991. The van der Waals surface area contributed by atoms with Crippen LogP contribution in [0.4, 0.5) is 5.95 Å². The number of rotatable bonds is 5. The second kappa shape index (κ2) is 10.0. The van der Waals surface area contributed by atoms with Gasteiger partial charge in [0.1, 0.15) is 17.1 Å². The number of imidazole rings is 1. The summed E-state index contributed by atoms with van der Waals surface area (Å²) in [6.45, 7) is 6.02. The molecular formula is C23H33N7O. The van der Waals surface area contributed by atoms with E-state index < -0.39 is 0 Å². The highest BCUT2D eigenvalue weighted by atomic mass is 16.5. The van der Waals surface area contributed by atoms with Gasteiger partial charge in [-0.1, -0.05) is 26.7 Å². The normalized spacial score (nSPS) is 19.1. The number of fused-ring (bicyclic) bond motifs is 1. The lowest BCUT2D eigenvalue weighted by molar-refractivity contribution is 0.399. The summed E-state index contributed by atoms with van der Waals surface area (Å²) < 4.78 is 7.52. The van der Waals surface area contributed by atoms with Crippen molar-refractivity contribution in [2.45, 2.75) is 64.3 Å². The van der Waals surface area contributed by atoms with E-state index in [2.05, 4.69) is 20.6 Å². The zero-order valence-electron chi connectivity index (χ0n) is 18.8. The maximum absolute atomic E-state index is 5.63. The minimum absolute atomic E-state index is 0.359. The highest BCUT2D eigenvalue weighted by Crippen LogP contribution is 2.38. The van der Waals surface area contributed by atoms with Gasteiger partial charge in [-0.15, -0.1) is 0 Å². The first kappa shape index (κ1) is 21.5. The highest BCUT2D eigenvalue weighted by Gasteiger charge is 2.24. The third-order valence-corrected chi connectivity index (χ3v) is 5.99. The molecule has 1 atom stereocenters. The Morgan fingerprint density at radius 2 is 1.97 bits per heavy atom. The second-order valence-electron chi connectivity index (χ2n) is 7.95. The van der Waals surface area contributed by atoms with Gasteiger partial charge in [-0.25, -0.2) is 19.5 Å². The molecule has 8 nitrogen and oxygen atoms in total. The summed E-state index contributed by atoms with van der Waals surface area (Å²) in [6.07, 6.45) is 10.7. The highest BCUT2D eigenvalue weighted by molar-refractivity contribution is 5.61. The summed E-state index contributed by atoms with van der Waals surface area (Å²) in [5, 5.41) is 11.8. The molecule has 2 aliphatic rings. The fourth-order valence-electron chi connectivity index (χ4n) is 4.46. The summed E-state index contributed by atoms with van der Waals surface area (Å²) in [5.41, 5.74) is 3.48. The summed E-state index contributed by atoms with van der Waals surface area (Å²) in [6, 6.07) is 4.25. The molecule has 8 heteroatoms. The van der Waals surface area contributed by atoms with Gasteiger partial charge in [-0.05, 0) is 38.3 Å². The van der Waals surface area contributed by atoms with E-state index in [0.717, 1.165) is 60.8 Å². The van der Waals surface area contributed by atoms with Crippen molar-refractivity contribution in [1.82, 2.24) is 29.9 Å². The molecule has 0 spiro atoms. The van der Waals surface area contributed by atoms with E-state index >= 15 is 0 Å². The summed E-state index contributed by atoms with van der Waals surface area (Å²) in [4.78, 5) is 13.7. The fourth-order valence-corrected chi connectivity index (χ4v) is 4.46. The Morgan fingerprint density at radius 1 is 1.13 bits per heavy atom. The minimum Gasteiger partial charge on any atom is -0.495 e. The maximum Gasteiger partial charge on any atom is 0.223 e. The number of hydrogen-bond donors (Lipinski definition) is 2. The molecule has 166 valence electrons. The maximum atomic E-state index is 5.63. The summed E-state index contributed by atoms with van der Waals surface area (Å²) in [5.74, 6) is 1.93. The standard InChI is InChI=1S/C21H27N7O.C2H6/c1-29-18-11-19-24-13-17(28(19)27-20(18)14-5-2-3-6-14)16-8-10-23-21(26-16)25-15-7-4-9-22-12-15;1-2/h8,10-11,13-15,22H,2-7,9,12H2,1H3,(H,23,25,26);1-2H3. The van der Waals surface area contributed by atoms with Crippen LogP contribution >= 0.6 is 0 Å². The SMILES string of the molecule is CC.COc1cc2ncc(-c3ccnc(NC4CCCNC4)n3)n2nc1C1CCCC1. The van der Waals surface area contributed by atoms with Crippen LogP contribution in [0.3, 0.4) is 0 Å². The van der Waals surface area contributed by atoms with Crippen molar-refractivity contribution < 1.29 is 4.74 Å². The van der Waals surface area contributed by atoms with Crippen molar-refractivity contribution in [3.8, 4) is 17.1 Å². The van der Waals surface area contributed by atoms with E-state index in [-0.39, 0.29) is 0 Å². The molecule has 31 heavy (non-hydrogen) atoms. The molecule has 0 bridgehead atoms. The molecule has 2 fully saturated rings. The molecule has 1 aliphatic heterocycles. The van der Waals surface area contributed by atoms with Gasteiger partial charge in [0.15, 0.2) is 5.65 Å². The smallest absolute Gasteiger partial charge is 0.223 e. The molecule has 0 aromatic carbocycles. The fraction of sp³-hybridized carbons (Fsp3) is 0.565. The van der Waals surface area contributed by atoms with E-state index in [1.165, 1.54) is 19.3 Å². The molecule has 5 rings (SSSR count). The summed E-state index contributed by atoms with van der Waals surface area (Å²) >= 11 is 0. The zero-order valence-corrected chi connectivity index (χ0v) is 18.8. The van der Waals surface area contributed by atoms with Crippen LogP contribution in [0.25, 0.3) is 17.0 Å². The molecule has 2 N–H and O–H groups in total. The van der Waals surface area contributed by atoms with Gasteiger partial charge in [-0.3, -0.25) is 0 Å². The first-order valence-corrected chi connectivity index (χ1v) is 11.5. The molecule has 1 aliphatic carbocycles. The molecule has 1 saturated heterocycles. The van der Waals surface area contributed by atoms with Gasteiger partial charge >= 0.3 is 0 Å². The van der Waals surface area contributed by atoms with Crippen LogP contribution in [0.2, 0.25) is 0 Å². The quantitative estimate of drug-likeness (QED) is 0.640.